The van der Waals surface area contributed by atoms with E-state index in [2.05, 4.69) is 580 Å². The summed E-state index contributed by atoms with van der Waals surface area (Å²) in [5.74, 6) is 0. The SMILES string of the molecule is [Cu+].[Cu+].[Cu+].[Cu+].[Cu+].[Cu+].[Se-]C[Se][PH+](c1ccccc1)c1ccccc1.[Se-]C[Se][PH+](c1ccccc1)c1ccccc1.[Se-][PH+](c1ccccc1)c1ccccc1.[Se-][PH+](c1ccccc1)c1ccccc1.[Se-][PH+](c1ccccc1)c1ccccc1.[Se-][PH+](c1ccccc1)c1ccccc1.c1ccc([PH2+]c2ccccc2)cc1.c1ccc([PH2+]c2ccccc2)cc1. The van der Waals surface area contributed by atoms with E-state index in [9.17, 15) is 0 Å². The fourth-order valence-electron chi connectivity index (χ4n) is 11.1. The van der Waals surface area contributed by atoms with Gasteiger partial charge < -0.3 is 0 Å². The summed E-state index contributed by atoms with van der Waals surface area (Å²) >= 11 is 21.0. The molecule has 16 aromatic rings. The molecule has 0 fully saturated rings. The average Bonchev–Trinajstić information content (AvgIpc) is 0.869. The third kappa shape index (κ3) is 43.6. The summed E-state index contributed by atoms with van der Waals surface area (Å²) in [6.07, 6.45) is 0. The Morgan fingerprint density at radius 1 is 0.158 bits per heavy atom. The standard InChI is InChI=1S/2C13H13PSe2.4C12H11PSe.2C12H11P.6Cu/c2*15-11-16-14(12-7-3-1-4-8-12)13-9-5-2-6-10-13;4*14-13(11-7-3-1-4-8-11)12-9-5-2-6-10-12;2*1-3-7-11(8-4-1)13-12-9-5-2-6-10-12;;;;;;/h2*1-10,15H,11H2;4*1-10,13H;2*1-10,13H;;;;;;/q;;;;;;;;6*+1/p+2. The van der Waals surface area contributed by atoms with E-state index in [1.807, 2.05) is 0 Å². The molecular formula is C98H94Cu6P8Se8+8. The molecule has 0 N–H and O–H groups in total. The monoisotopic (exact) mass is 2540 g/mol. The zero-order valence-electron chi connectivity index (χ0n) is 64.8. The van der Waals surface area contributed by atoms with Crippen molar-refractivity contribution >= 4 is 265 Å². The molecule has 0 bridgehead atoms. The van der Waals surface area contributed by atoms with Gasteiger partial charge >= 0.3 is 701 Å². The Kier molecular flexibility index (Phi) is 65.7. The van der Waals surface area contributed by atoms with E-state index in [1.165, 1.54) is 93.3 Å². The van der Waals surface area contributed by atoms with Gasteiger partial charge in [-0.1, -0.05) is 72.8 Å². The van der Waals surface area contributed by atoms with Crippen molar-refractivity contribution in [3.8, 4) is 0 Å². The number of benzene rings is 16. The van der Waals surface area contributed by atoms with Gasteiger partial charge in [-0.2, -0.15) is 0 Å². The molecule has 16 rings (SSSR count). The zero-order valence-corrected chi connectivity index (χ0v) is 92.5. The fourth-order valence-corrected chi connectivity index (χ4v) is 46.0. The van der Waals surface area contributed by atoms with Gasteiger partial charge in [-0.15, -0.1) is 0 Å². The van der Waals surface area contributed by atoms with Gasteiger partial charge in [0.05, 0.1) is 38.4 Å². The predicted octanol–water partition coefficient (Wildman–Crippen LogP) is 15.9. The van der Waals surface area contributed by atoms with Crippen LogP contribution in [0.5, 0.6) is 0 Å². The van der Waals surface area contributed by atoms with Gasteiger partial charge in [0, 0.05) is 0 Å². The molecule has 0 atom stereocenters. The van der Waals surface area contributed by atoms with E-state index < -0.39 is 39.7 Å². The first kappa shape index (κ1) is 112. The third-order valence-corrected chi connectivity index (χ3v) is 61.3. The molecule has 0 radical (unpaired) electrons. The number of rotatable bonds is 20. The first-order valence-corrected chi connectivity index (χ1v) is 68.1. The molecule has 0 aliphatic rings. The molecule has 0 unspecified atom stereocenters. The van der Waals surface area contributed by atoms with Gasteiger partial charge in [-0.3, -0.25) is 0 Å². The Labute approximate surface area is 849 Å². The van der Waals surface area contributed by atoms with Crippen LogP contribution in [0.2, 0.25) is 8.44 Å². The van der Waals surface area contributed by atoms with Crippen LogP contribution in [-0.4, -0.2) is 123 Å². The van der Waals surface area contributed by atoms with Crippen LogP contribution in [0.15, 0.2) is 485 Å². The molecule has 0 aromatic heterocycles. The van der Waals surface area contributed by atoms with E-state index in [4.69, 9.17) is 0 Å². The van der Waals surface area contributed by atoms with Crippen molar-refractivity contribution in [2.24, 2.45) is 0 Å². The summed E-state index contributed by atoms with van der Waals surface area (Å²) in [5.41, 5.74) is 0. The summed E-state index contributed by atoms with van der Waals surface area (Å²) in [4.78, 5) is 0. The van der Waals surface area contributed by atoms with Gasteiger partial charge in [0.15, 0.2) is 0 Å². The molecule has 0 saturated heterocycles. The minimum Gasteiger partial charge on any atom is -0.0620 e. The molecular weight excluding hydrogens is 2440 g/mol. The van der Waals surface area contributed by atoms with E-state index in [0.717, 1.165) is 0 Å². The molecule has 0 aliphatic carbocycles. The Bertz CT molecular complexity index is 4270. The van der Waals surface area contributed by atoms with Crippen LogP contribution in [0.3, 0.4) is 0 Å². The van der Waals surface area contributed by atoms with Crippen molar-refractivity contribution in [1.82, 2.24) is 0 Å². The Balaban J connectivity index is 0.000000352. The van der Waals surface area contributed by atoms with Gasteiger partial charge in [-0.05, 0) is 48.5 Å². The number of hydrogen-bond acceptors (Lipinski definition) is 0. The second kappa shape index (κ2) is 70.2. The molecule has 0 amide bonds. The molecule has 632 valence electrons. The smallest absolute Gasteiger partial charge is 0.0620 e. The summed E-state index contributed by atoms with van der Waals surface area (Å²) in [6.45, 7) is -3.72. The van der Waals surface area contributed by atoms with Crippen LogP contribution >= 0.6 is 56.8 Å². The van der Waals surface area contributed by atoms with Crippen molar-refractivity contribution in [3.05, 3.63) is 485 Å². The topological polar surface area (TPSA) is 0 Å². The largest absolute Gasteiger partial charge is 0.0942 e. The molecule has 0 aliphatic heterocycles. The Hall–Kier alpha value is -1.77. The molecule has 0 saturated carbocycles. The summed E-state index contributed by atoms with van der Waals surface area (Å²) in [7, 11) is 0.543. The van der Waals surface area contributed by atoms with Crippen LogP contribution in [-0.2, 0) is 102 Å². The van der Waals surface area contributed by atoms with Gasteiger partial charge in [-0.25, -0.2) is 0 Å². The van der Waals surface area contributed by atoms with Crippen molar-refractivity contribution in [2.75, 3.05) is 0 Å². The third-order valence-electron chi connectivity index (χ3n) is 16.7. The molecule has 0 spiro atoms. The van der Waals surface area contributed by atoms with Gasteiger partial charge in [0.2, 0.25) is 0 Å². The first-order valence-electron chi connectivity index (χ1n) is 37.1. The minimum absolute atomic E-state index is 0. The van der Waals surface area contributed by atoms with E-state index in [0.29, 0.717) is 29.0 Å². The normalized spacial score (nSPS) is 9.83. The fraction of sp³-hybridized carbons (Fsp3) is 0.0204. The summed E-state index contributed by atoms with van der Waals surface area (Å²) in [6, 6.07) is 172. The van der Waals surface area contributed by atoms with Crippen LogP contribution in [0, 0.1) is 0 Å². The maximum atomic E-state index is 3.31. The molecule has 120 heavy (non-hydrogen) atoms. The molecule has 16 aromatic carbocycles. The first-order chi connectivity index (χ1) is 56.2. The van der Waals surface area contributed by atoms with Crippen LogP contribution in [0.4, 0.5) is 0 Å². The zero-order chi connectivity index (χ0) is 79.5. The van der Waals surface area contributed by atoms with Crippen molar-refractivity contribution in [3.63, 3.8) is 0 Å². The van der Waals surface area contributed by atoms with Gasteiger partial charge in [0.25, 0.3) is 0 Å². The maximum Gasteiger partial charge on any atom is 0.0942 e. The van der Waals surface area contributed by atoms with E-state index in [1.54, 1.807) is 0 Å². The Morgan fingerprint density at radius 3 is 0.367 bits per heavy atom. The molecule has 0 heterocycles. The van der Waals surface area contributed by atoms with Crippen molar-refractivity contribution in [2.45, 2.75) is 8.44 Å². The van der Waals surface area contributed by atoms with E-state index in [-0.39, 0.29) is 120 Å². The van der Waals surface area contributed by atoms with Crippen LogP contribution in [0.1, 0.15) is 0 Å². The molecule has 22 heteroatoms. The van der Waals surface area contributed by atoms with Crippen LogP contribution < -0.4 is 84.9 Å². The number of hydrogen-bond donors (Lipinski definition) is 0. The second-order valence-corrected chi connectivity index (χ2v) is 64.7. The predicted molar refractivity (Wildman–Crippen MR) is 542 cm³/mol. The minimum atomic E-state index is -0.670. The quantitative estimate of drug-likeness (QED) is 0.0527. The van der Waals surface area contributed by atoms with Crippen molar-refractivity contribution in [1.29, 1.82) is 0 Å². The average molecular weight is 2530 g/mol. The Morgan fingerprint density at radius 2 is 0.258 bits per heavy atom. The van der Waals surface area contributed by atoms with E-state index >= 15 is 0 Å². The molecule has 0 nitrogen and oxygen atoms in total. The van der Waals surface area contributed by atoms with Gasteiger partial charge in [0.1, 0.15) is 0 Å². The second-order valence-electron chi connectivity index (χ2n) is 24.8. The maximum absolute atomic E-state index is 3.31. The van der Waals surface area contributed by atoms with Crippen LogP contribution in [0.25, 0.3) is 0 Å². The summed E-state index contributed by atoms with van der Waals surface area (Å²) < 4.78 is 2.40. The van der Waals surface area contributed by atoms with Crippen molar-refractivity contribution < 1.29 is 102 Å². The summed E-state index contributed by atoms with van der Waals surface area (Å²) in [5, 5.41) is 23.3.